The minimum absolute atomic E-state index is 0.499. The SMILES string of the molecule is NCCc1ccc(Nc2ncncc2Cl)cc1. The predicted octanol–water partition coefficient (Wildman–Crippen LogP) is 2.37. The molecule has 5 heteroatoms. The lowest BCUT2D eigenvalue weighted by Gasteiger charge is -2.07. The number of halogens is 1. The quantitative estimate of drug-likeness (QED) is 0.872. The van der Waals surface area contributed by atoms with Crippen LogP contribution in [0.5, 0.6) is 0 Å². The third-order valence-corrected chi connectivity index (χ3v) is 2.59. The standard InChI is InChI=1S/C12H13ClN4/c13-11-7-15-8-16-12(11)17-10-3-1-9(2-4-10)5-6-14/h1-4,7-8H,5-6,14H2,(H,15,16,17). The molecule has 0 atom stereocenters. The van der Waals surface area contributed by atoms with E-state index in [4.69, 9.17) is 17.3 Å². The van der Waals surface area contributed by atoms with Gasteiger partial charge >= 0.3 is 0 Å². The first-order chi connectivity index (χ1) is 8.29. The summed E-state index contributed by atoms with van der Waals surface area (Å²) >= 11 is 5.95. The number of rotatable bonds is 4. The molecule has 0 fully saturated rings. The number of anilines is 2. The van der Waals surface area contributed by atoms with E-state index in [1.165, 1.54) is 11.9 Å². The minimum Gasteiger partial charge on any atom is -0.339 e. The van der Waals surface area contributed by atoms with Crippen LogP contribution in [0.3, 0.4) is 0 Å². The summed E-state index contributed by atoms with van der Waals surface area (Å²) in [5.74, 6) is 0.605. The molecule has 3 N–H and O–H groups in total. The molecule has 88 valence electrons. The van der Waals surface area contributed by atoms with Crippen molar-refractivity contribution in [3.05, 3.63) is 47.4 Å². The van der Waals surface area contributed by atoms with E-state index in [0.717, 1.165) is 12.1 Å². The van der Waals surface area contributed by atoms with Crippen molar-refractivity contribution in [3.63, 3.8) is 0 Å². The van der Waals surface area contributed by atoms with Gasteiger partial charge in [-0.2, -0.15) is 0 Å². The lowest BCUT2D eigenvalue weighted by Crippen LogP contribution is -2.02. The van der Waals surface area contributed by atoms with Crippen molar-refractivity contribution in [2.24, 2.45) is 5.73 Å². The number of nitrogens with two attached hydrogens (primary N) is 1. The van der Waals surface area contributed by atoms with Gasteiger partial charge in [-0.3, -0.25) is 0 Å². The summed E-state index contributed by atoms with van der Waals surface area (Å²) < 4.78 is 0. The third kappa shape index (κ3) is 3.15. The van der Waals surface area contributed by atoms with Gasteiger partial charge in [0, 0.05) is 5.69 Å². The average molecular weight is 249 g/mol. The number of hydrogen-bond acceptors (Lipinski definition) is 4. The largest absolute Gasteiger partial charge is 0.339 e. The van der Waals surface area contributed by atoms with E-state index in [-0.39, 0.29) is 0 Å². The zero-order chi connectivity index (χ0) is 12.1. The van der Waals surface area contributed by atoms with Gasteiger partial charge in [0.1, 0.15) is 11.3 Å². The molecule has 0 radical (unpaired) electrons. The van der Waals surface area contributed by atoms with E-state index in [9.17, 15) is 0 Å². The van der Waals surface area contributed by atoms with Crippen molar-refractivity contribution in [3.8, 4) is 0 Å². The van der Waals surface area contributed by atoms with Gasteiger partial charge in [0.25, 0.3) is 0 Å². The maximum Gasteiger partial charge on any atom is 0.152 e. The monoisotopic (exact) mass is 248 g/mol. The first kappa shape index (κ1) is 11.8. The molecule has 0 aliphatic heterocycles. The first-order valence-electron chi connectivity index (χ1n) is 5.31. The summed E-state index contributed by atoms with van der Waals surface area (Å²) in [5, 5.41) is 3.63. The average Bonchev–Trinajstić information content (AvgIpc) is 2.35. The molecule has 1 aromatic heterocycles. The Kier molecular flexibility index (Phi) is 3.90. The van der Waals surface area contributed by atoms with Gasteiger partial charge in [-0.05, 0) is 30.7 Å². The van der Waals surface area contributed by atoms with Crippen molar-refractivity contribution in [2.45, 2.75) is 6.42 Å². The van der Waals surface area contributed by atoms with E-state index in [1.807, 2.05) is 24.3 Å². The molecule has 2 aromatic rings. The number of nitrogens with one attached hydrogen (secondary N) is 1. The van der Waals surface area contributed by atoms with E-state index in [2.05, 4.69) is 15.3 Å². The van der Waals surface area contributed by atoms with Crippen LogP contribution in [0.15, 0.2) is 36.8 Å². The Morgan fingerprint density at radius 1 is 1.24 bits per heavy atom. The molecule has 0 aliphatic carbocycles. The van der Waals surface area contributed by atoms with Crippen LogP contribution in [0.1, 0.15) is 5.56 Å². The molecule has 17 heavy (non-hydrogen) atoms. The second kappa shape index (κ2) is 5.61. The molecule has 0 saturated carbocycles. The molecule has 4 nitrogen and oxygen atoms in total. The molecule has 0 bridgehead atoms. The van der Waals surface area contributed by atoms with Crippen molar-refractivity contribution in [1.29, 1.82) is 0 Å². The number of hydrogen-bond donors (Lipinski definition) is 2. The normalized spacial score (nSPS) is 10.2. The van der Waals surface area contributed by atoms with Crippen LogP contribution in [0.25, 0.3) is 0 Å². The van der Waals surface area contributed by atoms with Crippen LogP contribution < -0.4 is 11.1 Å². The molecule has 0 unspecified atom stereocenters. The van der Waals surface area contributed by atoms with Crippen molar-refractivity contribution in [2.75, 3.05) is 11.9 Å². The molecule has 0 amide bonds. The first-order valence-corrected chi connectivity index (χ1v) is 5.69. The fourth-order valence-electron chi connectivity index (χ4n) is 1.46. The summed E-state index contributed by atoms with van der Waals surface area (Å²) in [6, 6.07) is 8.02. The predicted molar refractivity (Wildman–Crippen MR) is 69.5 cm³/mol. The number of benzene rings is 1. The van der Waals surface area contributed by atoms with Crippen molar-refractivity contribution in [1.82, 2.24) is 9.97 Å². The fraction of sp³-hybridized carbons (Fsp3) is 0.167. The van der Waals surface area contributed by atoms with Gasteiger partial charge in [0.15, 0.2) is 5.82 Å². The highest BCUT2D eigenvalue weighted by atomic mass is 35.5. The zero-order valence-corrected chi connectivity index (χ0v) is 9.98. The minimum atomic E-state index is 0.499. The van der Waals surface area contributed by atoms with Gasteiger partial charge < -0.3 is 11.1 Å². The summed E-state index contributed by atoms with van der Waals surface area (Å²) in [6.07, 6.45) is 3.89. The molecular formula is C12H13ClN4. The van der Waals surface area contributed by atoms with Crippen LogP contribution in [0.2, 0.25) is 5.02 Å². The molecule has 1 aromatic carbocycles. The summed E-state index contributed by atoms with van der Waals surface area (Å²) in [4.78, 5) is 7.89. The number of aromatic nitrogens is 2. The Hall–Kier alpha value is -1.65. The second-order valence-corrected chi connectivity index (χ2v) is 3.99. The zero-order valence-electron chi connectivity index (χ0n) is 9.23. The maximum atomic E-state index is 5.95. The molecule has 0 saturated heterocycles. The van der Waals surface area contributed by atoms with Gasteiger partial charge in [-0.15, -0.1) is 0 Å². The molecule has 2 rings (SSSR count). The maximum absolute atomic E-state index is 5.95. The Bertz CT molecular complexity index is 484. The number of nitrogens with zero attached hydrogens (tertiary/aromatic N) is 2. The molecule has 0 spiro atoms. The molecule has 1 heterocycles. The van der Waals surface area contributed by atoms with Gasteiger partial charge in [0.05, 0.1) is 6.20 Å². The highest BCUT2D eigenvalue weighted by Crippen LogP contribution is 2.21. The smallest absolute Gasteiger partial charge is 0.152 e. The van der Waals surface area contributed by atoms with Crippen LogP contribution >= 0.6 is 11.6 Å². The van der Waals surface area contributed by atoms with E-state index in [1.54, 1.807) is 6.20 Å². The summed E-state index contributed by atoms with van der Waals surface area (Å²) in [7, 11) is 0. The lowest BCUT2D eigenvalue weighted by atomic mass is 10.1. The Morgan fingerprint density at radius 2 is 2.00 bits per heavy atom. The molecular weight excluding hydrogens is 236 g/mol. The van der Waals surface area contributed by atoms with E-state index < -0.39 is 0 Å². The summed E-state index contributed by atoms with van der Waals surface area (Å²) in [6.45, 7) is 0.657. The second-order valence-electron chi connectivity index (χ2n) is 3.58. The van der Waals surface area contributed by atoms with Crippen LogP contribution in [0.4, 0.5) is 11.5 Å². The van der Waals surface area contributed by atoms with Gasteiger partial charge in [-0.1, -0.05) is 23.7 Å². The van der Waals surface area contributed by atoms with Crippen LogP contribution in [0, 0.1) is 0 Å². The Balaban J connectivity index is 2.11. The highest BCUT2D eigenvalue weighted by Gasteiger charge is 2.01. The highest BCUT2D eigenvalue weighted by molar-refractivity contribution is 6.32. The van der Waals surface area contributed by atoms with Gasteiger partial charge in [0.2, 0.25) is 0 Å². The topological polar surface area (TPSA) is 63.8 Å². The van der Waals surface area contributed by atoms with Crippen molar-refractivity contribution < 1.29 is 0 Å². The van der Waals surface area contributed by atoms with E-state index >= 15 is 0 Å². The molecule has 0 aliphatic rings. The Labute approximate surface area is 105 Å². The third-order valence-electron chi connectivity index (χ3n) is 2.32. The van der Waals surface area contributed by atoms with Crippen LogP contribution in [-0.4, -0.2) is 16.5 Å². The lowest BCUT2D eigenvalue weighted by molar-refractivity contribution is 0.969. The summed E-state index contributed by atoms with van der Waals surface area (Å²) in [5.41, 5.74) is 7.64. The van der Waals surface area contributed by atoms with Crippen LogP contribution in [-0.2, 0) is 6.42 Å². The van der Waals surface area contributed by atoms with Gasteiger partial charge in [-0.25, -0.2) is 9.97 Å². The fourth-order valence-corrected chi connectivity index (χ4v) is 1.62. The van der Waals surface area contributed by atoms with Crippen molar-refractivity contribution >= 4 is 23.1 Å². The van der Waals surface area contributed by atoms with E-state index in [0.29, 0.717) is 17.4 Å². The Morgan fingerprint density at radius 3 is 2.65 bits per heavy atom.